The summed E-state index contributed by atoms with van der Waals surface area (Å²) in [5.41, 5.74) is 15.3. The molecule has 1 aliphatic heterocycles. The van der Waals surface area contributed by atoms with E-state index in [0.717, 1.165) is 27.8 Å². The third-order valence-electron chi connectivity index (χ3n) is 4.52. The molecule has 1 aliphatic rings. The predicted molar refractivity (Wildman–Crippen MR) is 106 cm³/mol. The normalized spacial score (nSPS) is 19.1. The maximum atomic E-state index is 12.9. The fraction of sp³-hybridized carbons (Fsp3) is 0.300. The molecule has 0 aliphatic carbocycles. The molecule has 1 atom stereocenters. The van der Waals surface area contributed by atoms with Crippen LogP contribution >= 0.6 is 11.3 Å². The van der Waals surface area contributed by atoms with Gasteiger partial charge in [-0.05, 0) is 35.7 Å². The lowest BCUT2D eigenvalue weighted by molar-refractivity contribution is -0.404. The Morgan fingerprint density at radius 2 is 2.12 bits per heavy atom. The third kappa shape index (κ3) is 3.12. The monoisotopic (exact) mass is 370 g/mol. The van der Waals surface area contributed by atoms with Crippen molar-refractivity contribution in [1.29, 1.82) is 0 Å². The fourth-order valence-corrected chi connectivity index (χ4v) is 4.40. The molecular formula is C20H24N3O2S+. The first kappa shape index (κ1) is 18.2. The third-order valence-corrected chi connectivity index (χ3v) is 5.50. The highest BCUT2D eigenvalue weighted by Gasteiger charge is 2.38. The van der Waals surface area contributed by atoms with E-state index in [2.05, 4.69) is 29.4 Å². The zero-order valence-electron chi connectivity index (χ0n) is 15.0. The summed E-state index contributed by atoms with van der Waals surface area (Å²) >= 11 is 1.65. The number of ether oxygens (including phenoxy) is 1. The Kier molecular flexibility index (Phi) is 5.42. The smallest absolute Gasteiger partial charge is 0.338 e. The molecule has 2 heterocycles. The van der Waals surface area contributed by atoms with Gasteiger partial charge in [-0.3, -0.25) is 5.73 Å². The molecular weight excluding hydrogens is 346 g/mol. The maximum absolute atomic E-state index is 12.9. The summed E-state index contributed by atoms with van der Waals surface area (Å²) in [5, 5.41) is 3.19. The number of amidine groups is 1. The number of nitrogens with two attached hydrogens (primary N) is 2. The molecule has 3 rings (SSSR count). The molecule has 0 fully saturated rings. The molecule has 136 valence electrons. The molecule has 1 aromatic carbocycles. The molecule has 1 aromatic heterocycles. The Bertz CT molecular complexity index is 924. The lowest BCUT2D eigenvalue weighted by Gasteiger charge is -2.25. The number of carbonyl (C=O) groups excluding carboxylic acids is 1. The minimum Gasteiger partial charge on any atom is -0.462 e. The number of nitrogens with one attached hydrogen (secondary N) is 1. The summed E-state index contributed by atoms with van der Waals surface area (Å²) in [6.07, 6.45) is 3.09. The quantitative estimate of drug-likeness (QED) is 0.701. The van der Waals surface area contributed by atoms with Crippen molar-refractivity contribution >= 4 is 33.2 Å². The van der Waals surface area contributed by atoms with E-state index < -0.39 is 0 Å². The topological polar surface area (TPSA) is 92.3 Å². The summed E-state index contributed by atoms with van der Waals surface area (Å²) in [6.45, 7) is 4.19. The second-order valence-electron chi connectivity index (χ2n) is 6.14. The highest BCUT2D eigenvalue weighted by atomic mass is 32.1. The van der Waals surface area contributed by atoms with Crippen LogP contribution in [-0.4, -0.2) is 18.4 Å². The molecule has 0 radical (unpaired) electrons. The van der Waals surface area contributed by atoms with Gasteiger partial charge in [-0.2, -0.15) is 0 Å². The van der Waals surface area contributed by atoms with Gasteiger partial charge >= 0.3 is 5.97 Å². The second kappa shape index (κ2) is 7.74. The Labute approximate surface area is 157 Å². The van der Waals surface area contributed by atoms with Crippen LogP contribution in [0.25, 0.3) is 10.1 Å². The average molecular weight is 370 g/mol. The molecule has 26 heavy (non-hydrogen) atoms. The molecule has 0 saturated heterocycles. The molecule has 6 heteroatoms. The van der Waals surface area contributed by atoms with Gasteiger partial charge in [-0.15, -0.1) is 11.3 Å². The fourth-order valence-electron chi connectivity index (χ4n) is 3.42. The van der Waals surface area contributed by atoms with Crippen LogP contribution < -0.4 is 16.5 Å². The van der Waals surface area contributed by atoms with E-state index in [1.54, 1.807) is 11.3 Å². The first-order valence-electron chi connectivity index (χ1n) is 8.80. The lowest BCUT2D eigenvalue weighted by Crippen LogP contribution is -2.76. The summed E-state index contributed by atoms with van der Waals surface area (Å²) in [7, 11) is 0. The van der Waals surface area contributed by atoms with Crippen LogP contribution in [0.5, 0.6) is 0 Å². The highest BCUT2D eigenvalue weighted by molar-refractivity contribution is 7.17. The number of esters is 1. The number of benzene rings is 1. The van der Waals surface area contributed by atoms with Gasteiger partial charge in [0.25, 0.3) is 5.84 Å². The Morgan fingerprint density at radius 3 is 2.81 bits per heavy atom. The van der Waals surface area contributed by atoms with E-state index in [0.29, 0.717) is 30.0 Å². The average Bonchev–Trinajstić information content (AvgIpc) is 3.05. The molecule has 5 nitrogen and oxygen atoms in total. The molecule has 2 aromatic rings. The van der Waals surface area contributed by atoms with Crippen molar-refractivity contribution in [1.82, 2.24) is 0 Å². The molecule has 0 saturated carbocycles. The Balaban J connectivity index is 2.26. The van der Waals surface area contributed by atoms with Crippen LogP contribution in [0.4, 0.5) is 0 Å². The van der Waals surface area contributed by atoms with Crippen molar-refractivity contribution < 1.29 is 14.5 Å². The van der Waals surface area contributed by atoms with Gasteiger partial charge in [0.15, 0.2) is 0 Å². The van der Waals surface area contributed by atoms with Gasteiger partial charge in [0.1, 0.15) is 5.70 Å². The number of carbonyl (C=O) groups is 1. The predicted octanol–water partition coefficient (Wildman–Crippen LogP) is 1.90. The van der Waals surface area contributed by atoms with Crippen molar-refractivity contribution in [3.8, 4) is 0 Å². The number of rotatable bonds is 5. The number of hydrogen-bond acceptors (Lipinski definition) is 5. The van der Waals surface area contributed by atoms with E-state index in [1.165, 1.54) is 6.20 Å². The van der Waals surface area contributed by atoms with Crippen LogP contribution in [0.2, 0.25) is 0 Å². The van der Waals surface area contributed by atoms with Crippen molar-refractivity contribution in [2.75, 3.05) is 6.61 Å². The van der Waals surface area contributed by atoms with Crippen LogP contribution in [0.15, 0.2) is 52.7 Å². The minimum atomic E-state index is -0.335. The van der Waals surface area contributed by atoms with Gasteiger partial charge in [0.05, 0.1) is 23.7 Å². The van der Waals surface area contributed by atoms with Crippen molar-refractivity contribution in [3.63, 3.8) is 0 Å². The summed E-state index contributed by atoms with van der Waals surface area (Å²) in [6, 6.07) is 8.15. The van der Waals surface area contributed by atoms with Crippen LogP contribution in [0, 0.1) is 0 Å². The first-order valence-corrected chi connectivity index (χ1v) is 9.68. The van der Waals surface area contributed by atoms with Gasteiger partial charge < -0.3 is 10.5 Å². The van der Waals surface area contributed by atoms with Crippen molar-refractivity contribution in [3.05, 3.63) is 58.3 Å². The van der Waals surface area contributed by atoms with Gasteiger partial charge in [-0.25, -0.2) is 9.79 Å². The highest BCUT2D eigenvalue weighted by Crippen LogP contribution is 2.41. The van der Waals surface area contributed by atoms with E-state index >= 15 is 0 Å². The zero-order valence-corrected chi connectivity index (χ0v) is 15.9. The van der Waals surface area contributed by atoms with E-state index in [4.69, 9.17) is 16.2 Å². The standard InChI is InChI=1S/C20H23N3O2S/c1-3-7-15-18(20(24)25-4-2)17(13(10-21)19(22)23-15)14-11-26-16-9-6-5-8-12(14)16/h5-6,8-11,17H,3-4,7,21H2,1-2H3,(H2,22,23)/p+1/b13-10-. The molecule has 0 amide bonds. The summed E-state index contributed by atoms with van der Waals surface area (Å²) in [5.74, 6) is -0.169. The number of thiophene rings is 1. The minimum absolute atomic E-state index is 0.319. The Morgan fingerprint density at radius 1 is 1.35 bits per heavy atom. The van der Waals surface area contributed by atoms with Crippen LogP contribution in [0.1, 0.15) is 38.2 Å². The molecule has 0 spiro atoms. The number of hydrogen-bond donors (Lipinski definition) is 3. The van der Waals surface area contributed by atoms with Gasteiger partial charge in [0.2, 0.25) is 0 Å². The zero-order chi connectivity index (χ0) is 18.7. The first-order chi connectivity index (χ1) is 12.6. The molecule has 0 bridgehead atoms. The number of allylic oxidation sites excluding steroid dienone is 1. The van der Waals surface area contributed by atoms with Crippen molar-refractivity contribution in [2.24, 2.45) is 11.5 Å². The number of fused-ring (bicyclic) bond motifs is 1. The second-order valence-corrected chi connectivity index (χ2v) is 7.05. The van der Waals surface area contributed by atoms with Gasteiger partial charge in [-0.1, -0.05) is 25.1 Å². The summed E-state index contributed by atoms with van der Waals surface area (Å²) in [4.78, 5) is 16.0. The van der Waals surface area contributed by atoms with Crippen molar-refractivity contribution in [2.45, 2.75) is 32.6 Å². The lowest BCUT2D eigenvalue weighted by atomic mass is 9.80. The van der Waals surface area contributed by atoms with Crippen LogP contribution in [0.3, 0.4) is 0 Å². The summed E-state index contributed by atoms with van der Waals surface area (Å²) < 4.78 is 6.54. The van der Waals surface area contributed by atoms with Crippen LogP contribution in [-0.2, 0) is 9.53 Å². The SMILES string of the molecule is CCCC1=C(C(=O)OCC)C(c2csc3ccccc23)/C(=C/N)C(N)=[NH+]1. The van der Waals surface area contributed by atoms with E-state index in [9.17, 15) is 4.79 Å². The van der Waals surface area contributed by atoms with E-state index in [1.807, 2.05) is 19.1 Å². The molecule has 1 unspecified atom stereocenters. The Hall–Kier alpha value is -2.60. The van der Waals surface area contributed by atoms with Gasteiger partial charge in [0, 0.05) is 17.3 Å². The largest absolute Gasteiger partial charge is 0.462 e. The maximum Gasteiger partial charge on any atom is 0.338 e. The molecule has 5 N–H and O–H groups in total. The van der Waals surface area contributed by atoms with E-state index in [-0.39, 0.29) is 11.9 Å².